The summed E-state index contributed by atoms with van der Waals surface area (Å²) in [6, 6.07) is 4.89. The average Bonchev–Trinajstić information content (AvgIpc) is 3.33. The van der Waals surface area contributed by atoms with E-state index in [1.807, 2.05) is 0 Å². The Labute approximate surface area is 154 Å². The summed E-state index contributed by atoms with van der Waals surface area (Å²) in [5.41, 5.74) is 0. The van der Waals surface area contributed by atoms with Crippen LogP contribution in [0.3, 0.4) is 0 Å². The van der Waals surface area contributed by atoms with E-state index in [2.05, 4.69) is 5.32 Å². The van der Waals surface area contributed by atoms with Gasteiger partial charge in [0, 0.05) is 12.6 Å². The van der Waals surface area contributed by atoms with Gasteiger partial charge in [-0.1, -0.05) is 29.3 Å². The highest BCUT2D eigenvalue weighted by atomic mass is 35.5. The number of hydrogen-bond donors (Lipinski definition) is 1. The Hall–Kier alpha value is -0.0400. The van der Waals surface area contributed by atoms with Crippen LogP contribution in [0.2, 0.25) is 10.0 Å². The maximum absolute atomic E-state index is 13.0. The van der Waals surface area contributed by atoms with Gasteiger partial charge in [0.2, 0.25) is 10.0 Å². The summed E-state index contributed by atoms with van der Waals surface area (Å²) >= 11 is 12.1. The lowest BCUT2D eigenvalue weighted by Gasteiger charge is -2.30. The van der Waals surface area contributed by atoms with Crippen LogP contribution in [0.4, 0.5) is 0 Å². The van der Waals surface area contributed by atoms with E-state index in [0.29, 0.717) is 12.5 Å². The molecule has 130 valence electrons. The Bertz CT molecular complexity index is 644. The van der Waals surface area contributed by atoms with Crippen molar-refractivity contribution in [2.75, 3.05) is 19.6 Å². The van der Waals surface area contributed by atoms with Crippen molar-refractivity contribution in [3.8, 4) is 0 Å². The first-order valence-corrected chi connectivity index (χ1v) is 9.86. The number of rotatable bonds is 5. The van der Waals surface area contributed by atoms with Crippen LogP contribution >= 0.6 is 35.6 Å². The van der Waals surface area contributed by atoms with E-state index in [0.717, 1.165) is 38.8 Å². The zero-order valence-electron chi connectivity index (χ0n) is 12.7. The third-order valence-electron chi connectivity index (χ3n) is 4.29. The molecule has 1 saturated heterocycles. The number of halogens is 3. The molecule has 0 aromatic heterocycles. The highest BCUT2D eigenvalue weighted by Gasteiger charge is 2.40. The third-order valence-corrected chi connectivity index (χ3v) is 7.19. The lowest BCUT2D eigenvalue weighted by molar-refractivity contribution is 0.287. The van der Waals surface area contributed by atoms with Gasteiger partial charge in [0.25, 0.3) is 0 Å². The third kappa shape index (κ3) is 4.33. The molecule has 1 aromatic rings. The van der Waals surface area contributed by atoms with Crippen molar-refractivity contribution in [2.45, 2.75) is 36.6 Å². The molecule has 2 aliphatic rings. The van der Waals surface area contributed by atoms with Crippen molar-refractivity contribution in [1.82, 2.24) is 9.62 Å². The minimum Gasteiger partial charge on any atom is -0.316 e. The van der Waals surface area contributed by atoms with Crippen LogP contribution in [-0.4, -0.2) is 38.4 Å². The summed E-state index contributed by atoms with van der Waals surface area (Å²) in [4.78, 5) is 0.123. The average molecular weight is 400 g/mol. The van der Waals surface area contributed by atoms with Gasteiger partial charge in [0.15, 0.2) is 0 Å². The van der Waals surface area contributed by atoms with E-state index < -0.39 is 10.0 Å². The zero-order valence-corrected chi connectivity index (χ0v) is 15.8. The molecule has 1 atom stereocenters. The van der Waals surface area contributed by atoms with E-state index in [4.69, 9.17) is 23.2 Å². The molecular formula is C15H21Cl3N2O2S. The summed E-state index contributed by atoms with van der Waals surface area (Å²) in [6.07, 6.45) is 4.02. The Morgan fingerprint density at radius 1 is 1.22 bits per heavy atom. The molecule has 1 aliphatic heterocycles. The van der Waals surface area contributed by atoms with Gasteiger partial charge >= 0.3 is 0 Å². The molecule has 0 amide bonds. The van der Waals surface area contributed by atoms with Crippen molar-refractivity contribution in [3.63, 3.8) is 0 Å². The van der Waals surface area contributed by atoms with Crippen molar-refractivity contribution in [3.05, 3.63) is 28.2 Å². The standard InChI is InChI=1S/C15H20Cl2N2O2S.ClH/c16-13-4-1-5-14(15(13)17)22(20,21)19(12-6-7-12)10-11-3-2-8-18-9-11;/h1,4-5,11-12,18H,2-3,6-10H2;1H. The van der Waals surface area contributed by atoms with Gasteiger partial charge in [-0.3, -0.25) is 0 Å². The summed E-state index contributed by atoms with van der Waals surface area (Å²) in [6.45, 7) is 2.46. The summed E-state index contributed by atoms with van der Waals surface area (Å²) in [5.74, 6) is 0.363. The second-order valence-electron chi connectivity index (χ2n) is 6.07. The monoisotopic (exact) mass is 398 g/mol. The first kappa shape index (κ1) is 19.3. The number of nitrogens with one attached hydrogen (secondary N) is 1. The van der Waals surface area contributed by atoms with E-state index >= 15 is 0 Å². The van der Waals surface area contributed by atoms with Crippen LogP contribution in [0.15, 0.2) is 23.1 Å². The van der Waals surface area contributed by atoms with Crippen LogP contribution in [0, 0.1) is 5.92 Å². The van der Waals surface area contributed by atoms with Gasteiger partial charge in [0.1, 0.15) is 4.90 Å². The van der Waals surface area contributed by atoms with Crippen molar-refractivity contribution >= 4 is 45.6 Å². The summed E-state index contributed by atoms with van der Waals surface area (Å²) in [5, 5.41) is 3.74. The zero-order chi connectivity index (χ0) is 15.7. The molecule has 1 aliphatic carbocycles. The van der Waals surface area contributed by atoms with Gasteiger partial charge in [-0.25, -0.2) is 8.42 Å². The fourth-order valence-electron chi connectivity index (χ4n) is 2.95. The van der Waals surface area contributed by atoms with E-state index in [1.165, 1.54) is 6.07 Å². The fraction of sp³-hybridized carbons (Fsp3) is 0.600. The number of sulfonamides is 1. The number of piperidine rings is 1. The molecule has 1 unspecified atom stereocenters. The molecule has 0 radical (unpaired) electrons. The maximum atomic E-state index is 13.0. The van der Waals surface area contributed by atoms with Crippen molar-refractivity contribution < 1.29 is 8.42 Å². The summed E-state index contributed by atoms with van der Waals surface area (Å²) < 4.78 is 27.7. The lowest BCUT2D eigenvalue weighted by atomic mass is 10.00. The minimum atomic E-state index is -3.60. The highest BCUT2D eigenvalue weighted by molar-refractivity contribution is 7.89. The van der Waals surface area contributed by atoms with Gasteiger partial charge < -0.3 is 5.32 Å². The smallest absolute Gasteiger partial charge is 0.244 e. The van der Waals surface area contributed by atoms with Gasteiger partial charge in [0.05, 0.1) is 10.0 Å². The number of benzene rings is 1. The maximum Gasteiger partial charge on any atom is 0.244 e. The largest absolute Gasteiger partial charge is 0.316 e. The number of hydrogen-bond acceptors (Lipinski definition) is 3. The van der Waals surface area contributed by atoms with Crippen LogP contribution in [0.25, 0.3) is 0 Å². The SMILES string of the molecule is Cl.O=S(=O)(c1cccc(Cl)c1Cl)N(CC1CCCNC1)C1CC1. The molecule has 23 heavy (non-hydrogen) atoms. The first-order chi connectivity index (χ1) is 10.5. The van der Waals surface area contributed by atoms with E-state index in [1.54, 1.807) is 16.4 Å². The normalized spacial score (nSPS) is 22.0. The molecule has 4 nitrogen and oxygen atoms in total. The Balaban J connectivity index is 0.00000192. The molecule has 0 bridgehead atoms. The van der Waals surface area contributed by atoms with E-state index in [9.17, 15) is 8.42 Å². The molecular weight excluding hydrogens is 379 g/mol. The molecule has 1 aromatic carbocycles. The van der Waals surface area contributed by atoms with Crippen molar-refractivity contribution in [2.24, 2.45) is 5.92 Å². The Kier molecular flexibility index (Phi) is 6.62. The second kappa shape index (κ2) is 7.89. The van der Waals surface area contributed by atoms with Gasteiger partial charge in [-0.15, -0.1) is 12.4 Å². The second-order valence-corrected chi connectivity index (χ2v) is 8.71. The van der Waals surface area contributed by atoms with Crippen LogP contribution in [-0.2, 0) is 10.0 Å². The molecule has 1 N–H and O–H groups in total. The molecule has 2 fully saturated rings. The molecule has 0 spiro atoms. The molecule has 3 rings (SSSR count). The molecule has 1 heterocycles. The minimum absolute atomic E-state index is 0. The fourth-order valence-corrected chi connectivity index (χ4v) is 5.45. The van der Waals surface area contributed by atoms with Gasteiger partial charge in [-0.2, -0.15) is 4.31 Å². The predicted molar refractivity (Wildman–Crippen MR) is 96.2 cm³/mol. The predicted octanol–water partition coefficient (Wildman–Crippen LogP) is 3.57. The number of nitrogens with zero attached hydrogens (tertiary/aromatic N) is 1. The Morgan fingerprint density at radius 2 is 1.96 bits per heavy atom. The first-order valence-electron chi connectivity index (χ1n) is 7.66. The van der Waals surface area contributed by atoms with Gasteiger partial charge in [-0.05, 0) is 56.8 Å². The van der Waals surface area contributed by atoms with Crippen molar-refractivity contribution in [1.29, 1.82) is 0 Å². The molecule has 1 saturated carbocycles. The Morgan fingerprint density at radius 3 is 2.57 bits per heavy atom. The highest BCUT2D eigenvalue weighted by Crippen LogP contribution is 2.37. The lowest BCUT2D eigenvalue weighted by Crippen LogP contribution is -2.42. The summed E-state index contributed by atoms with van der Waals surface area (Å²) in [7, 11) is -3.60. The molecule has 8 heteroatoms. The van der Waals surface area contributed by atoms with Crippen LogP contribution in [0.1, 0.15) is 25.7 Å². The van der Waals surface area contributed by atoms with Crippen LogP contribution < -0.4 is 5.32 Å². The van der Waals surface area contributed by atoms with Crippen LogP contribution in [0.5, 0.6) is 0 Å². The topological polar surface area (TPSA) is 49.4 Å². The quantitative estimate of drug-likeness (QED) is 0.823. The van der Waals surface area contributed by atoms with E-state index in [-0.39, 0.29) is 33.4 Å².